The summed E-state index contributed by atoms with van der Waals surface area (Å²) in [5.74, 6) is -0.335. The van der Waals surface area contributed by atoms with Crippen molar-refractivity contribution in [3.05, 3.63) is 35.5 Å². The molecule has 2 heterocycles. The Morgan fingerprint density at radius 3 is 2.65 bits per heavy atom. The Hall–Kier alpha value is -2.86. The third-order valence-corrected chi connectivity index (χ3v) is 8.75. The number of rotatable bonds is 5. The molecule has 1 N–H and O–H groups in total. The van der Waals surface area contributed by atoms with Crippen LogP contribution < -0.4 is 5.32 Å². The number of amides is 2. The lowest BCUT2D eigenvalue weighted by Crippen LogP contribution is -2.44. The summed E-state index contributed by atoms with van der Waals surface area (Å²) in [5, 5.41) is 13.0. The first-order valence-corrected chi connectivity index (χ1v) is 13.9. The highest BCUT2D eigenvalue weighted by molar-refractivity contribution is 7.89. The molecular weight excluding hydrogens is 452 g/mol. The maximum atomic E-state index is 13.7. The molecular formula is C25H30N4O4S. The quantitative estimate of drug-likeness (QED) is 0.704. The lowest BCUT2D eigenvalue weighted by atomic mass is 9.76. The predicted octanol–water partition coefficient (Wildman–Crippen LogP) is 2.70. The van der Waals surface area contributed by atoms with Crippen molar-refractivity contribution in [2.45, 2.75) is 63.5 Å². The topological polar surface area (TPSA) is 112 Å². The number of nitrogens with one attached hydrogen (secondary N) is 1. The van der Waals surface area contributed by atoms with E-state index in [9.17, 15) is 23.3 Å². The summed E-state index contributed by atoms with van der Waals surface area (Å²) in [6.07, 6.45) is 6.90. The number of nitrogens with zero attached hydrogens (tertiary/aromatic N) is 3. The Bertz CT molecular complexity index is 1300. The Morgan fingerprint density at radius 1 is 1.21 bits per heavy atom. The average molecular weight is 483 g/mol. The predicted molar refractivity (Wildman–Crippen MR) is 127 cm³/mol. The smallest absolute Gasteiger partial charge is 0.236 e. The van der Waals surface area contributed by atoms with Gasteiger partial charge in [0.2, 0.25) is 21.8 Å². The standard InChI is InChI=1S/C25H30N4O4S/c1-34(32,33)29-21-9-5-4-8-19(21)20-15-28(13-10-22(20)29)24(31)18-7-3-2-6-17(18)14-23(30)27-25(16-26)11-12-25/h4-5,8-9,17-18H,2-3,6-7,10-15H2,1H3,(H,27,30)/t17-,18-/m1/s1. The highest BCUT2D eigenvalue weighted by Gasteiger charge is 2.45. The Labute approximate surface area is 200 Å². The zero-order valence-electron chi connectivity index (χ0n) is 19.4. The van der Waals surface area contributed by atoms with Crippen LogP contribution in [0, 0.1) is 23.2 Å². The molecule has 0 spiro atoms. The number of para-hydroxylation sites is 1. The first-order chi connectivity index (χ1) is 16.2. The van der Waals surface area contributed by atoms with Crippen molar-refractivity contribution in [1.29, 1.82) is 5.26 Å². The highest BCUT2D eigenvalue weighted by Crippen LogP contribution is 2.38. The van der Waals surface area contributed by atoms with Crippen LogP contribution in [0.3, 0.4) is 0 Å². The van der Waals surface area contributed by atoms with E-state index in [1.54, 1.807) is 0 Å². The van der Waals surface area contributed by atoms with Crippen LogP contribution >= 0.6 is 0 Å². The van der Waals surface area contributed by atoms with Crippen molar-refractivity contribution in [3.8, 4) is 6.07 Å². The summed E-state index contributed by atoms with van der Waals surface area (Å²) in [6, 6.07) is 9.63. The maximum absolute atomic E-state index is 13.7. The zero-order chi connectivity index (χ0) is 24.1. The van der Waals surface area contributed by atoms with Gasteiger partial charge in [0.1, 0.15) is 5.54 Å². The number of hydrogen-bond donors (Lipinski definition) is 1. The molecule has 2 aliphatic carbocycles. The van der Waals surface area contributed by atoms with Crippen LogP contribution in [0.5, 0.6) is 0 Å². The Morgan fingerprint density at radius 2 is 1.94 bits per heavy atom. The Kier molecular flexibility index (Phi) is 5.67. The summed E-state index contributed by atoms with van der Waals surface area (Å²) in [5.41, 5.74) is 1.62. The molecule has 2 saturated carbocycles. The van der Waals surface area contributed by atoms with Crippen LogP contribution in [0.1, 0.15) is 56.2 Å². The van der Waals surface area contributed by atoms with E-state index in [-0.39, 0.29) is 30.1 Å². The summed E-state index contributed by atoms with van der Waals surface area (Å²) >= 11 is 0. The van der Waals surface area contributed by atoms with E-state index in [2.05, 4.69) is 11.4 Å². The van der Waals surface area contributed by atoms with Gasteiger partial charge in [-0.25, -0.2) is 12.4 Å². The number of nitriles is 1. The number of fused-ring (bicyclic) bond motifs is 3. The van der Waals surface area contributed by atoms with Gasteiger partial charge < -0.3 is 10.2 Å². The number of hydrogen-bond acceptors (Lipinski definition) is 5. The van der Waals surface area contributed by atoms with Crippen LogP contribution in [0.2, 0.25) is 0 Å². The first-order valence-electron chi connectivity index (χ1n) is 12.1. The fourth-order valence-corrected chi connectivity index (χ4v) is 6.91. The van der Waals surface area contributed by atoms with Crippen molar-refractivity contribution >= 4 is 32.7 Å². The van der Waals surface area contributed by atoms with E-state index in [0.29, 0.717) is 37.9 Å². The zero-order valence-corrected chi connectivity index (χ0v) is 20.2. The monoisotopic (exact) mass is 482 g/mol. The second kappa shape index (κ2) is 8.42. The lowest BCUT2D eigenvalue weighted by molar-refractivity contribution is -0.140. The summed E-state index contributed by atoms with van der Waals surface area (Å²) in [4.78, 5) is 28.1. The van der Waals surface area contributed by atoms with Gasteiger partial charge >= 0.3 is 0 Å². The van der Waals surface area contributed by atoms with Gasteiger partial charge in [-0.2, -0.15) is 5.26 Å². The third-order valence-electron chi connectivity index (χ3n) is 7.67. The molecule has 9 heteroatoms. The lowest BCUT2D eigenvalue weighted by Gasteiger charge is -2.36. The molecule has 0 bridgehead atoms. The molecule has 2 amide bonds. The van der Waals surface area contributed by atoms with Crippen molar-refractivity contribution in [2.75, 3.05) is 12.8 Å². The van der Waals surface area contributed by atoms with Crippen LogP contribution in [0.15, 0.2) is 24.3 Å². The van der Waals surface area contributed by atoms with Gasteiger partial charge in [0.15, 0.2) is 0 Å². The number of benzene rings is 1. The summed E-state index contributed by atoms with van der Waals surface area (Å²) < 4.78 is 26.5. The third kappa shape index (κ3) is 4.09. The number of carbonyl (C=O) groups is 2. The van der Waals surface area contributed by atoms with Crippen LogP contribution in [0.4, 0.5) is 0 Å². The fraction of sp³-hybridized carbons (Fsp3) is 0.560. The minimum Gasteiger partial charge on any atom is -0.338 e. The van der Waals surface area contributed by atoms with Crippen LogP contribution in [0.25, 0.3) is 10.9 Å². The van der Waals surface area contributed by atoms with Crippen molar-refractivity contribution in [2.24, 2.45) is 11.8 Å². The largest absolute Gasteiger partial charge is 0.338 e. The van der Waals surface area contributed by atoms with E-state index in [0.717, 1.165) is 42.3 Å². The fourth-order valence-electron chi connectivity index (χ4n) is 5.79. The normalized spacial score (nSPS) is 23.7. The average Bonchev–Trinajstić information content (AvgIpc) is 3.50. The molecule has 1 aromatic heterocycles. The van der Waals surface area contributed by atoms with E-state index in [1.165, 1.54) is 10.2 Å². The minimum atomic E-state index is -3.47. The van der Waals surface area contributed by atoms with Gasteiger partial charge in [0.05, 0.1) is 17.8 Å². The first kappa shape index (κ1) is 22.9. The van der Waals surface area contributed by atoms with E-state index in [4.69, 9.17) is 0 Å². The molecule has 2 atom stereocenters. The second-order valence-corrected chi connectivity index (χ2v) is 11.9. The highest BCUT2D eigenvalue weighted by atomic mass is 32.2. The van der Waals surface area contributed by atoms with Crippen molar-refractivity contribution in [3.63, 3.8) is 0 Å². The SMILES string of the molecule is CS(=O)(=O)n1c2c(c3ccccc31)CN(C(=O)[C@@H]1CCCC[C@@H]1CC(=O)NC1(C#N)CC1)CC2. The van der Waals surface area contributed by atoms with Gasteiger partial charge in [0.25, 0.3) is 0 Å². The molecule has 2 aromatic rings. The molecule has 3 aliphatic rings. The van der Waals surface area contributed by atoms with Gasteiger partial charge in [-0.15, -0.1) is 0 Å². The molecule has 0 radical (unpaired) electrons. The molecule has 2 fully saturated rings. The molecule has 8 nitrogen and oxygen atoms in total. The van der Waals surface area contributed by atoms with Crippen LogP contribution in [-0.4, -0.2) is 47.4 Å². The van der Waals surface area contributed by atoms with E-state index >= 15 is 0 Å². The summed E-state index contributed by atoms with van der Waals surface area (Å²) in [6.45, 7) is 0.842. The second-order valence-electron chi connectivity index (χ2n) is 10.1. The van der Waals surface area contributed by atoms with E-state index in [1.807, 2.05) is 29.2 Å². The van der Waals surface area contributed by atoms with E-state index < -0.39 is 15.6 Å². The van der Waals surface area contributed by atoms with Gasteiger partial charge in [-0.05, 0) is 37.7 Å². The molecule has 34 heavy (non-hydrogen) atoms. The molecule has 0 unspecified atom stereocenters. The molecule has 0 saturated heterocycles. The molecule has 5 rings (SSSR count). The van der Waals surface area contributed by atoms with Crippen LogP contribution in [-0.2, 0) is 32.6 Å². The van der Waals surface area contributed by atoms with Crippen molar-refractivity contribution < 1.29 is 18.0 Å². The molecule has 1 aromatic carbocycles. The minimum absolute atomic E-state index is 0.0329. The maximum Gasteiger partial charge on any atom is 0.236 e. The summed E-state index contributed by atoms with van der Waals surface area (Å²) in [7, 11) is -3.47. The van der Waals surface area contributed by atoms with Gasteiger partial charge in [-0.1, -0.05) is 31.0 Å². The molecule has 1 aliphatic heterocycles. The van der Waals surface area contributed by atoms with Crippen molar-refractivity contribution in [1.82, 2.24) is 14.2 Å². The number of aromatic nitrogens is 1. The van der Waals surface area contributed by atoms with Gasteiger partial charge in [-0.3, -0.25) is 9.59 Å². The molecule has 180 valence electrons. The number of carbonyl (C=O) groups excluding carboxylic acids is 2. The van der Waals surface area contributed by atoms with Gasteiger partial charge in [0, 0.05) is 48.5 Å². The Balaban J connectivity index is 1.36.